The minimum Gasteiger partial charge on any atom is -0.356 e. The Kier molecular flexibility index (Phi) is 6.81. The maximum atomic E-state index is 12.8. The molecule has 6 nitrogen and oxygen atoms in total. The van der Waals surface area contributed by atoms with Gasteiger partial charge in [-0.2, -0.15) is 0 Å². The van der Waals surface area contributed by atoms with Crippen molar-refractivity contribution in [3.63, 3.8) is 0 Å². The molecule has 7 heteroatoms. The topological polar surface area (TPSA) is 78.5 Å². The van der Waals surface area contributed by atoms with Crippen LogP contribution >= 0.6 is 11.3 Å². The van der Waals surface area contributed by atoms with E-state index in [1.165, 1.54) is 11.3 Å². The summed E-state index contributed by atoms with van der Waals surface area (Å²) >= 11 is 1.37. The summed E-state index contributed by atoms with van der Waals surface area (Å²) in [6, 6.07) is 10.6. The first kappa shape index (κ1) is 20.1. The van der Waals surface area contributed by atoms with Crippen molar-refractivity contribution in [3.8, 4) is 0 Å². The number of piperidine rings is 1. The molecule has 1 aromatic carbocycles. The molecule has 3 amide bonds. The zero-order chi connectivity index (χ0) is 19.9. The predicted octanol–water partition coefficient (Wildman–Crippen LogP) is 3.38. The van der Waals surface area contributed by atoms with Crippen LogP contribution in [0.2, 0.25) is 0 Å². The van der Waals surface area contributed by atoms with Crippen LogP contribution in [0.5, 0.6) is 0 Å². The molecule has 0 atom stereocenters. The number of thiophene rings is 1. The Morgan fingerprint density at radius 3 is 2.61 bits per heavy atom. The fourth-order valence-electron chi connectivity index (χ4n) is 3.25. The van der Waals surface area contributed by atoms with Gasteiger partial charge in [0.25, 0.3) is 11.8 Å². The molecule has 0 bridgehead atoms. The van der Waals surface area contributed by atoms with Crippen molar-refractivity contribution >= 4 is 34.7 Å². The summed E-state index contributed by atoms with van der Waals surface area (Å²) in [4.78, 5) is 39.5. The fourth-order valence-corrected chi connectivity index (χ4v) is 3.87. The van der Waals surface area contributed by atoms with Crippen molar-refractivity contribution in [2.75, 3.05) is 25.0 Å². The highest BCUT2D eigenvalue weighted by molar-refractivity contribution is 7.12. The largest absolute Gasteiger partial charge is 0.356 e. The monoisotopic (exact) mass is 399 g/mol. The maximum absolute atomic E-state index is 12.8. The lowest BCUT2D eigenvalue weighted by atomic mass is 9.95. The number of rotatable bonds is 6. The molecule has 1 aromatic heterocycles. The number of amides is 3. The van der Waals surface area contributed by atoms with Crippen LogP contribution in [-0.2, 0) is 4.79 Å². The summed E-state index contributed by atoms with van der Waals surface area (Å²) in [5.74, 6) is -0.183. The summed E-state index contributed by atoms with van der Waals surface area (Å²) < 4.78 is 0. The molecule has 2 N–H and O–H groups in total. The Bertz CT molecular complexity index is 827. The van der Waals surface area contributed by atoms with Crippen LogP contribution in [0.3, 0.4) is 0 Å². The molecule has 2 aromatic rings. The predicted molar refractivity (Wildman–Crippen MR) is 111 cm³/mol. The first-order valence-electron chi connectivity index (χ1n) is 9.60. The van der Waals surface area contributed by atoms with Crippen LogP contribution in [0, 0.1) is 5.92 Å². The van der Waals surface area contributed by atoms with Gasteiger partial charge in [0.05, 0.1) is 4.88 Å². The van der Waals surface area contributed by atoms with Crippen molar-refractivity contribution in [2.24, 2.45) is 5.92 Å². The number of likely N-dealkylation sites (tertiary alicyclic amines) is 1. The summed E-state index contributed by atoms with van der Waals surface area (Å²) in [5.41, 5.74) is 1.14. The van der Waals surface area contributed by atoms with Gasteiger partial charge in [-0.05, 0) is 48.9 Å². The highest BCUT2D eigenvalue weighted by Gasteiger charge is 2.27. The van der Waals surface area contributed by atoms with E-state index in [4.69, 9.17) is 0 Å². The molecule has 0 unspecified atom stereocenters. The molecule has 1 saturated heterocycles. The van der Waals surface area contributed by atoms with Gasteiger partial charge in [0.15, 0.2) is 0 Å². The Hall–Kier alpha value is -2.67. The number of carbonyl (C=O) groups excluding carboxylic acids is 3. The molecule has 0 aliphatic carbocycles. The number of anilines is 1. The third-order valence-corrected chi connectivity index (χ3v) is 5.68. The van der Waals surface area contributed by atoms with Crippen molar-refractivity contribution in [3.05, 3.63) is 52.2 Å². The maximum Gasteiger partial charge on any atom is 0.265 e. The fraction of sp³-hybridized carbons (Fsp3) is 0.381. The molecule has 1 aliphatic rings. The lowest BCUT2D eigenvalue weighted by molar-refractivity contribution is -0.126. The molecule has 2 heterocycles. The molecule has 28 heavy (non-hydrogen) atoms. The van der Waals surface area contributed by atoms with Gasteiger partial charge in [-0.15, -0.1) is 11.3 Å². The number of hydrogen-bond donors (Lipinski definition) is 2. The molecule has 0 spiro atoms. The van der Waals surface area contributed by atoms with Gasteiger partial charge in [0.1, 0.15) is 0 Å². The molecule has 1 aliphatic heterocycles. The molecule has 0 radical (unpaired) electrons. The smallest absolute Gasteiger partial charge is 0.265 e. The number of carbonyl (C=O) groups is 3. The van der Waals surface area contributed by atoms with Gasteiger partial charge in [0.2, 0.25) is 5.91 Å². The van der Waals surface area contributed by atoms with E-state index in [0.29, 0.717) is 48.6 Å². The van der Waals surface area contributed by atoms with Crippen LogP contribution in [0.25, 0.3) is 0 Å². The van der Waals surface area contributed by atoms with Gasteiger partial charge in [-0.1, -0.05) is 19.1 Å². The van der Waals surface area contributed by atoms with Gasteiger partial charge >= 0.3 is 0 Å². The third-order valence-electron chi connectivity index (χ3n) is 4.81. The average molecular weight is 400 g/mol. The molecule has 3 rings (SSSR count). The van der Waals surface area contributed by atoms with Gasteiger partial charge < -0.3 is 15.5 Å². The van der Waals surface area contributed by atoms with Crippen LogP contribution in [0.15, 0.2) is 41.8 Å². The Morgan fingerprint density at radius 2 is 1.93 bits per heavy atom. The van der Waals surface area contributed by atoms with Crippen LogP contribution < -0.4 is 10.6 Å². The van der Waals surface area contributed by atoms with E-state index in [0.717, 1.165) is 6.42 Å². The van der Waals surface area contributed by atoms with E-state index in [-0.39, 0.29) is 23.6 Å². The van der Waals surface area contributed by atoms with Crippen molar-refractivity contribution in [1.29, 1.82) is 0 Å². The second kappa shape index (κ2) is 9.50. The lowest BCUT2D eigenvalue weighted by Crippen LogP contribution is -2.43. The zero-order valence-electron chi connectivity index (χ0n) is 15.9. The number of benzene rings is 1. The number of hydrogen-bond acceptors (Lipinski definition) is 4. The molecule has 148 valence electrons. The summed E-state index contributed by atoms with van der Waals surface area (Å²) in [5, 5.41) is 7.61. The average Bonchev–Trinajstić information content (AvgIpc) is 3.27. The van der Waals surface area contributed by atoms with Crippen molar-refractivity contribution in [1.82, 2.24) is 10.2 Å². The molecule has 0 saturated carbocycles. The molecular formula is C21H25N3O3S. The van der Waals surface area contributed by atoms with E-state index < -0.39 is 0 Å². The first-order chi connectivity index (χ1) is 13.6. The summed E-state index contributed by atoms with van der Waals surface area (Å²) in [7, 11) is 0. The third kappa shape index (κ3) is 4.98. The van der Waals surface area contributed by atoms with E-state index in [9.17, 15) is 14.4 Å². The minimum absolute atomic E-state index is 0.0213. The Labute approximate surface area is 168 Å². The summed E-state index contributed by atoms with van der Waals surface area (Å²) in [6.45, 7) is 3.85. The minimum atomic E-state index is -0.182. The Morgan fingerprint density at radius 1 is 1.14 bits per heavy atom. The Balaban J connectivity index is 1.58. The van der Waals surface area contributed by atoms with Gasteiger partial charge in [0, 0.05) is 36.8 Å². The number of nitrogens with one attached hydrogen (secondary N) is 2. The lowest BCUT2D eigenvalue weighted by Gasteiger charge is -2.31. The normalized spacial score (nSPS) is 14.5. The van der Waals surface area contributed by atoms with Gasteiger partial charge in [-0.25, -0.2) is 0 Å². The van der Waals surface area contributed by atoms with Crippen LogP contribution in [0.4, 0.5) is 5.69 Å². The van der Waals surface area contributed by atoms with E-state index in [2.05, 4.69) is 10.6 Å². The quantitative estimate of drug-likeness (QED) is 0.782. The van der Waals surface area contributed by atoms with Crippen LogP contribution in [0.1, 0.15) is 46.2 Å². The SMILES string of the molecule is CCCNC(=O)C1CCN(C(=O)c2cccc(NC(=O)c3cccs3)c2)CC1. The second-order valence-electron chi connectivity index (χ2n) is 6.87. The van der Waals surface area contributed by atoms with Gasteiger partial charge in [-0.3, -0.25) is 14.4 Å². The van der Waals surface area contributed by atoms with E-state index >= 15 is 0 Å². The number of nitrogens with zero attached hydrogens (tertiary/aromatic N) is 1. The molecule has 1 fully saturated rings. The standard InChI is InChI=1S/C21H25N3O3S/c1-2-10-22-19(25)15-8-11-24(12-9-15)21(27)16-5-3-6-17(14-16)23-20(26)18-7-4-13-28-18/h3-7,13-15H,2,8-12H2,1H3,(H,22,25)(H,23,26). The van der Waals surface area contributed by atoms with E-state index in [1.54, 1.807) is 35.2 Å². The van der Waals surface area contributed by atoms with E-state index in [1.807, 2.05) is 18.4 Å². The highest BCUT2D eigenvalue weighted by atomic mass is 32.1. The second-order valence-corrected chi connectivity index (χ2v) is 7.82. The first-order valence-corrected chi connectivity index (χ1v) is 10.5. The highest BCUT2D eigenvalue weighted by Crippen LogP contribution is 2.21. The molecular weight excluding hydrogens is 374 g/mol. The van der Waals surface area contributed by atoms with Crippen LogP contribution in [-0.4, -0.2) is 42.3 Å². The zero-order valence-corrected chi connectivity index (χ0v) is 16.8. The summed E-state index contributed by atoms with van der Waals surface area (Å²) in [6.07, 6.45) is 2.27. The van der Waals surface area contributed by atoms with Crippen molar-refractivity contribution < 1.29 is 14.4 Å². The van der Waals surface area contributed by atoms with Crippen molar-refractivity contribution in [2.45, 2.75) is 26.2 Å².